The topological polar surface area (TPSA) is 113 Å². The predicted molar refractivity (Wildman–Crippen MR) is 77.3 cm³/mol. The summed E-state index contributed by atoms with van der Waals surface area (Å²) in [6.45, 7) is 0. The van der Waals surface area contributed by atoms with Gasteiger partial charge in [-0.05, 0) is 17.7 Å². The molecule has 0 atom stereocenters. The number of anilines is 1. The maximum Gasteiger partial charge on any atom is 0.254 e. The number of carbonyl (C=O) groups excluding carboxylic acids is 1. The third kappa shape index (κ3) is 3.19. The van der Waals surface area contributed by atoms with Crippen molar-refractivity contribution < 1.29 is 14.3 Å². The average Bonchev–Trinajstić information content (AvgIpc) is 2.46. The van der Waals surface area contributed by atoms with E-state index in [9.17, 15) is 4.79 Å². The van der Waals surface area contributed by atoms with Gasteiger partial charge in [-0.3, -0.25) is 4.79 Å². The molecule has 110 valence electrons. The fourth-order valence-electron chi connectivity index (χ4n) is 1.88. The summed E-state index contributed by atoms with van der Waals surface area (Å²) in [5, 5.41) is 0. The molecule has 0 bridgehead atoms. The number of hydrogen-bond donors (Lipinski definition) is 2. The van der Waals surface area contributed by atoms with Crippen molar-refractivity contribution in [2.45, 2.75) is 6.42 Å². The highest BCUT2D eigenvalue weighted by Crippen LogP contribution is 2.28. The lowest BCUT2D eigenvalue weighted by Crippen LogP contribution is -2.16. The number of primary amides is 1. The number of benzene rings is 1. The molecule has 2 aromatic rings. The summed E-state index contributed by atoms with van der Waals surface area (Å²) < 4.78 is 10.4. The second-order valence-electron chi connectivity index (χ2n) is 4.32. The lowest BCUT2D eigenvalue weighted by molar-refractivity contribution is 0.100. The Morgan fingerprint density at radius 1 is 1.24 bits per heavy atom. The molecule has 0 spiro atoms. The first-order valence-electron chi connectivity index (χ1n) is 6.17. The summed E-state index contributed by atoms with van der Waals surface area (Å²) in [5.74, 6) is 1.19. The number of hydrogen-bond acceptors (Lipinski definition) is 6. The summed E-state index contributed by atoms with van der Waals surface area (Å²) in [6.07, 6.45) is 1.78. The minimum absolute atomic E-state index is 0.0768. The molecule has 7 heteroatoms. The van der Waals surface area contributed by atoms with Gasteiger partial charge in [0, 0.05) is 12.6 Å². The lowest BCUT2D eigenvalue weighted by Gasteiger charge is -2.09. The van der Waals surface area contributed by atoms with Gasteiger partial charge in [-0.15, -0.1) is 0 Å². The molecule has 0 saturated heterocycles. The van der Waals surface area contributed by atoms with Gasteiger partial charge < -0.3 is 20.9 Å². The highest BCUT2D eigenvalue weighted by Gasteiger charge is 2.11. The Balaban J connectivity index is 2.26. The van der Waals surface area contributed by atoms with Crippen molar-refractivity contribution in [3.05, 3.63) is 41.3 Å². The van der Waals surface area contributed by atoms with E-state index in [0.717, 1.165) is 5.56 Å². The first-order chi connectivity index (χ1) is 10.0. The van der Waals surface area contributed by atoms with Crippen molar-refractivity contribution in [3.63, 3.8) is 0 Å². The average molecular weight is 288 g/mol. The number of ether oxygens (including phenoxy) is 2. The van der Waals surface area contributed by atoms with E-state index in [0.29, 0.717) is 23.7 Å². The van der Waals surface area contributed by atoms with Crippen molar-refractivity contribution in [1.82, 2.24) is 9.97 Å². The molecule has 1 aromatic carbocycles. The molecule has 2 rings (SSSR count). The molecule has 4 N–H and O–H groups in total. The number of nitrogen functional groups attached to an aromatic ring is 1. The Morgan fingerprint density at radius 3 is 2.52 bits per heavy atom. The summed E-state index contributed by atoms with van der Waals surface area (Å²) in [6, 6.07) is 5.51. The second kappa shape index (κ2) is 6.08. The van der Waals surface area contributed by atoms with Gasteiger partial charge in [-0.2, -0.15) is 0 Å². The van der Waals surface area contributed by atoms with Crippen molar-refractivity contribution in [2.75, 3.05) is 20.0 Å². The zero-order valence-electron chi connectivity index (χ0n) is 11.8. The minimum atomic E-state index is -0.648. The first-order valence-corrected chi connectivity index (χ1v) is 6.17. The summed E-state index contributed by atoms with van der Waals surface area (Å²) in [7, 11) is 3.14. The zero-order chi connectivity index (χ0) is 15.4. The molecule has 0 aliphatic heterocycles. The number of carbonyl (C=O) groups is 1. The van der Waals surface area contributed by atoms with E-state index in [2.05, 4.69) is 9.97 Å². The first kappa shape index (κ1) is 14.6. The minimum Gasteiger partial charge on any atom is -0.493 e. The Morgan fingerprint density at radius 2 is 1.95 bits per heavy atom. The van der Waals surface area contributed by atoms with E-state index in [4.69, 9.17) is 20.9 Å². The highest BCUT2D eigenvalue weighted by molar-refractivity contribution is 5.96. The second-order valence-corrected chi connectivity index (χ2v) is 4.32. The van der Waals surface area contributed by atoms with Crippen LogP contribution in [0.1, 0.15) is 21.7 Å². The maximum atomic E-state index is 11.1. The monoisotopic (exact) mass is 288 g/mol. The molecule has 0 aliphatic rings. The van der Waals surface area contributed by atoms with Crippen LogP contribution in [0.5, 0.6) is 11.5 Å². The number of nitrogens with two attached hydrogens (primary N) is 2. The Hall–Kier alpha value is -2.83. The molecule has 21 heavy (non-hydrogen) atoms. The smallest absolute Gasteiger partial charge is 0.254 e. The van der Waals surface area contributed by atoms with Gasteiger partial charge in [0.15, 0.2) is 11.5 Å². The van der Waals surface area contributed by atoms with Crippen LogP contribution < -0.4 is 20.9 Å². The van der Waals surface area contributed by atoms with Crippen LogP contribution in [-0.4, -0.2) is 30.1 Å². The van der Waals surface area contributed by atoms with Gasteiger partial charge in [0.05, 0.1) is 19.8 Å². The summed E-state index contributed by atoms with van der Waals surface area (Å²) in [4.78, 5) is 19.2. The largest absolute Gasteiger partial charge is 0.493 e. The van der Waals surface area contributed by atoms with Crippen molar-refractivity contribution in [2.24, 2.45) is 5.73 Å². The molecule has 0 aliphatic carbocycles. The number of nitrogens with zero attached hydrogens (tertiary/aromatic N) is 2. The van der Waals surface area contributed by atoms with E-state index in [-0.39, 0.29) is 11.4 Å². The lowest BCUT2D eigenvalue weighted by atomic mass is 10.1. The van der Waals surface area contributed by atoms with E-state index in [1.54, 1.807) is 20.3 Å². The Bertz CT molecular complexity index is 673. The normalized spacial score (nSPS) is 10.2. The van der Waals surface area contributed by atoms with E-state index in [1.165, 1.54) is 6.20 Å². The van der Waals surface area contributed by atoms with Crippen LogP contribution in [0.25, 0.3) is 0 Å². The number of rotatable bonds is 5. The quantitative estimate of drug-likeness (QED) is 0.840. The van der Waals surface area contributed by atoms with E-state index < -0.39 is 5.91 Å². The molecule has 1 heterocycles. The molecule has 0 unspecified atom stereocenters. The Kier molecular flexibility index (Phi) is 4.22. The Labute approximate surface area is 121 Å². The molecule has 1 aromatic heterocycles. The van der Waals surface area contributed by atoms with Crippen molar-refractivity contribution in [3.8, 4) is 11.5 Å². The highest BCUT2D eigenvalue weighted by atomic mass is 16.5. The molecule has 7 nitrogen and oxygen atoms in total. The van der Waals surface area contributed by atoms with Crippen LogP contribution in [0.3, 0.4) is 0 Å². The van der Waals surface area contributed by atoms with E-state index in [1.807, 2.05) is 12.1 Å². The number of amides is 1. The third-order valence-corrected chi connectivity index (χ3v) is 2.94. The van der Waals surface area contributed by atoms with Gasteiger partial charge in [-0.1, -0.05) is 6.07 Å². The summed E-state index contributed by atoms with van der Waals surface area (Å²) >= 11 is 0. The number of aromatic nitrogens is 2. The standard InChI is InChI=1S/C14H16N4O3/c1-20-10-4-3-8(5-11(10)21-2)6-12-17-7-9(14(16)19)13(15)18-12/h3-5,7H,6H2,1-2H3,(H2,16,19)(H2,15,17,18). The van der Waals surface area contributed by atoms with Gasteiger partial charge in [0.1, 0.15) is 11.6 Å². The van der Waals surface area contributed by atoms with Crippen molar-refractivity contribution in [1.29, 1.82) is 0 Å². The van der Waals surface area contributed by atoms with Crippen LogP contribution >= 0.6 is 0 Å². The SMILES string of the molecule is COc1ccc(Cc2ncc(C(N)=O)c(N)n2)cc1OC. The van der Waals surface area contributed by atoms with Crippen LogP contribution in [-0.2, 0) is 6.42 Å². The van der Waals surface area contributed by atoms with Crippen LogP contribution in [0.4, 0.5) is 5.82 Å². The zero-order valence-corrected chi connectivity index (χ0v) is 11.8. The molecule has 0 fully saturated rings. The van der Waals surface area contributed by atoms with Gasteiger partial charge in [0.2, 0.25) is 0 Å². The molecule has 1 amide bonds. The molecular weight excluding hydrogens is 272 g/mol. The van der Waals surface area contributed by atoms with E-state index >= 15 is 0 Å². The van der Waals surface area contributed by atoms with Gasteiger partial charge in [0.25, 0.3) is 5.91 Å². The van der Waals surface area contributed by atoms with Crippen LogP contribution in [0.2, 0.25) is 0 Å². The number of methoxy groups -OCH3 is 2. The van der Waals surface area contributed by atoms with Crippen LogP contribution in [0, 0.1) is 0 Å². The van der Waals surface area contributed by atoms with Gasteiger partial charge in [-0.25, -0.2) is 9.97 Å². The van der Waals surface area contributed by atoms with Crippen LogP contribution in [0.15, 0.2) is 24.4 Å². The third-order valence-electron chi connectivity index (χ3n) is 2.94. The fourth-order valence-corrected chi connectivity index (χ4v) is 1.88. The maximum absolute atomic E-state index is 11.1. The predicted octanol–water partition coefficient (Wildman–Crippen LogP) is 0.766. The van der Waals surface area contributed by atoms with Crippen molar-refractivity contribution >= 4 is 11.7 Å². The molecule has 0 saturated carbocycles. The summed E-state index contributed by atoms with van der Waals surface area (Å²) in [5.41, 5.74) is 11.9. The molecular formula is C14H16N4O3. The van der Waals surface area contributed by atoms with Gasteiger partial charge >= 0.3 is 0 Å². The molecule has 0 radical (unpaired) electrons. The fraction of sp³-hybridized carbons (Fsp3) is 0.214.